The van der Waals surface area contributed by atoms with E-state index in [1.807, 2.05) is 18.2 Å². The van der Waals surface area contributed by atoms with Gasteiger partial charge in [-0.15, -0.1) is 0 Å². The summed E-state index contributed by atoms with van der Waals surface area (Å²) in [6, 6.07) is 6.03. The van der Waals surface area contributed by atoms with Crippen LogP contribution in [0, 0.1) is 0 Å². The van der Waals surface area contributed by atoms with Gasteiger partial charge in [-0.2, -0.15) is 0 Å². The molecule has 6 heteroatoms. The fraction of sp³-hybridized carbons (Fsp3) is 0.600. The summed E-state index contributed by atoms with van der Waals surface area (Å²) in [5, 5.41) is 3.31. The summed E-state index contributed by atoms with van der Waals surface area (Å²) in [5.41, 5.74) is 1.73. The van der Waals surface area contributed by atoms with Crippen LogP contribution in [0.2, 0.25) is 0 Å². The Morgan fingerprint density at radius 2 is 1.95 bits per heavy atom. The van der Waals surface area contributed by atoms with Crippen LogP contribution in [0.3, 0.4) is 0 Å². The zero-order chi connectivity index (χ0) is 15.9. The molecule has 0 radical (unpaired) electrons. The number of nitrogens with one attached hydrogen (secondary N) is 1. The van der Waals surface area contributed by atoms with Crippen LogP contribution < -0.4 is 10.1 Å². The number of rotatable bonds is 9. The van der Waals surface area contributed by atoms with E-state index in [0.717, 1.165) is 5.56 Å². The van der Waals surface area contributed by atoms with Crippen molar-refractivity contribution in [2.45, 2.75) is 32.2 Å². The van der Waals surface area contributed by atoms with Gasteiger partial charge in [0, 0.05) is 25.3 Å². The highest BCUT2D eigenvalue weighted by Gasteiger charge is 2.15. The van der Waals surface area contributed by atoms with Gasteiger partial charge in [-0.05, 0) is 17.7 Å². The van der Waals surface area contributed by atoms with E-state index in [1.165, 1.54) is 7.11 Å². The molecular formula is C15H25NO4S. The predicted molar refractivity (Wildman–Crippen MR) is 84.3 cm³/mol. The highest BCUT2D eigenvalue weighted by molar-refractivity contribution is 7.90. The van der Waals surface area contributed by atoms with Crippen molar-refractivity contribution in [3.05, 3.63) is 29.3 Å². The molecule has 0 atom stereocenters. The van der Waals surface area contributed by atoms with Crippen LogP contribution >= 0.6 is 0 Å². The molecule has 1 aromatic rings. The van der Waals surface area contributed by atoms with Gasteiger partial charge in [-0.1, -0.05) is 19.9 Å². The number of benzene rings is 1. The fourth-order valence-corrected chi connectivity index (χ4v) is 3.16. The lowest BCUT2D eigenvalue weighted by atomic mass is 10.1. The molecule has 1 N–H and O–H groups in total. The van der Waals surface area contributed by atoms with E-state index in [2.05, 4.69) is 19.2 Å². The lowest BCUT2D eigenvalue weighted by Crippen LogP contribution is -2.22. The molecule has 0 fully saturated rings. The summed E-state index contributed by atoms with van der Waals surface area (Å²) in [6.45, 7) is 5.05. The van der Waals surface area contributed by atoms with E-state index >= 15 is 0 Å². The Kier molecular flexibility index (Phi) is 7.14. The SMILES string of the molecule is COCCS(=O)(=O)Cc1cc(CNC(C)C)ccc1OC. The molecule has 5 nitrogen and oxygen atoms in total. The minimum Gasteiger partial charge on any atom is -0.496 e. The van der Waals surface area contributed by atoms with Gasteiger partial charge < -0.3 is 14.8 Å². The van der Waals surface area contributed by atoms with Gasteiger partial charge in [-0.3, -0.25) is 0 Å². The van der Waals surface area contributed by atoms with E-state index in [9.17, 15) is 8.42 Å². The molecule has 0 heterocycles. The molecule has 21 heavy (non-hydrogen) atoms. The molecule has 0 saturated heterocycles. The molecule has 0 amide bonds. The van der Waals surface area contributed by atoms with Crippen molar-refractivity contribution >= 4 is 9.84 Å². The average Bonchev–Trinajstić information content (AvgIpc) is 2.43. The first-order valence-corrected chi connectivity index (χ1v) is 8.78. The van der Waals surface area contributed by atoms with E-state index in [1.54, 1.807) is 7.11 Å². The molecule has 0 aromatic heterocycles. The first kappa shape index (κ1) is 17.9. The maximum absolute atomic E-state index is 12.1. The highest BCUT2D eigenvalue weighted by atomic mass is 32.2. The minimum absolute atomic E-state index is 0.0150. The predicted octanol–water partition coefficient (Wildman–Crippen LogP) is 1.75. The summed E-state index contributed by atoms with van der Waals surface area (Å²) in [7, 11) is -0.160. The third-order valence-corrected chi connectivity index (χ3v) is 4.57. The van der Waals surface area contributed by atoms with Crippen LogP contribution in [0.4, 0.5) is 0 Å². The minimum atomic E-state index is -3.20. The van der Waals surface area contributed by atoms with E-state index in [4.69, 9.17) is 9.47 Å². The molecular weight excluding hydrogens is 290 g/mol. The van der Waals surface area contributed by atoms with Crippen molar-refractivity contribution in [1.29, 1.82) is 0 Å². The second-order valence-corrected chi connectivity index (χ2v) is 7.45. The number of sulfone groups is 1. The first-order chi connectivity index (χ1) is 9.88. The molecule has 0 saturated carbocycles. The van der Waals surface area contributed by atoms with Crippen molar-refractivity contribution in [2.75, 3.05) is 26.6 Å². The molecule has 1 rings (SSSR count). The number of methoxy groups -OCH3 is 2. The fourth-order valence-electron chi connectivity index (χ4n) is 1.90. The Bertz CT molecular complexity index is 541. The topological polar surface area (TPSA) is 64.6 Å². The largest absolute Gasteiger partial charge is 0.496 e. The van der Waals surface area contributed by atoms with Gasteiger partial charge in [-0.25, -0.2) is 8.42 Å². The van der Waals surface area contributed by atoms with Crippen molar-refractivity contribution < 1.29 is 17.9 Å². The molecule has 0 aliphatic heterocycles. The summed E-state index contributed by atoms with van der Waals surface area (Å²) in [4.78, 5) is 0. The molecule has 0 aliphatic rings. The molecule has 120 valence electrons. The molecule has 1 aromatic carbocycles. The van der Waals surface area contributed by atoms with Gasteiger partial charge >= 0.3 is 0 Å². The smallest absolute Gasteiger partial charge is 0.156 e. The lowest BCUT2D eigenvalue weighted by Gasteiger charge is -2.13. The van der Waals surface area contributed by atoms with Crippen molar-refractivity contribution in [3.63, 3.8) is 0 Å². The van der Waals surface area contributed by atoms with Crippen LogP contribution in [0.5, 0.6) is 5.75 Å². The monoisotopic (exact) mass is 315 g/mol. The Morgan fingerprint density at radius 1 is 1.24 bits per heavy atom. The van der Waals surface area contributed by atoms with Gasteiger partial charge in [0.1, 0.15) is 5.75 Å². The first-order valence-electron chi connectivity index (χ1n) is 6.96. The highest BCUT2D eigenvalue weighted by Crippen LogP contribution is 2.22. The third-order valence-electron chi connectivity index (χ3n) is 3.03. The van der Waals surface area contributed by atoms with E-state index < -0.39 is 9.84 Å². The van der Waals surface area contributed by atoms with Crippen LogP contribution in [0.1, 0.15) is 25.0 Å². The van der Waals surface area contributed by atoms with Crippen LogP contribution in [0.25, 0.3) is 0 Å². The van der Waals surface area contributed by atoms with Gasteiger partial charge in [0.2, 0.25) is 0 Å². The molecule has 0 spiro atoms. The van der Waals surface area contributed by atoms with Gasteiger partial charge in [0.25, 0.3) is 0 Å². The normalized spacial score (nSPS) is 11.9. The molecule has 0 aliphatic carbocycles. The zero-order valence-corrected chi connectivity index (χ0v) is 14.0. The zero-order valence-electron chi connectivity index (χ0n) is 13.2. The lowest BCUT2D eigenvalue weighted by molar-refractivity contribution is 0.217. The summed E-state index contributed by atoms with van der Waals surface area (Å²) < 4.78 is 34.2. The third kappa shape index (κ3) is 6.46. The number of hydrogen-bond acceptors (Lipinski definition) is 5. The average molecular weight is 315 g/mol. The molecule has 0 unspecified atom stereocenters. The van der Waals surface area contributed by atoms with Crippen LogP contribution in [0.15, 0.2) is 18.2 Å². The second kappa shape index (κ2) is 8.36. The number of ether oxygens (including phenoxy) is 2. The van der Waals surface area contributed by atoms with Crippen molar-refractivity contribution in [1.82, 2.24) is 5.32 Å². The van der Waals surface area contributed by atoms with Gasteiger partial charge in [0.15, 0.2) is 9.84 Å². The summed E-state index contributed by atoms with van der Waals surface area (Å²) in [6.07, 6.45) is 0. The number of hydrogen-bond donors (Lipinski definition) is 1. The van der Waals surface area contributed by atoms with Crippen molar-refractivity contribution in [3.8, 4) is 5.75 Å². The Hall–Kier alpha value is -1.11. The van der Waals surface area contributed by atoms with Crippen molar-refractivity contribution in [2.24, 2.45) is 0 Å². The quantitative estimate of drug-likeness (QED) is 0.752. The Balaban J connectivity index is 2.90. The second-order valence-electron chi connectivity index (χ2n) is 5.27. The maximum atomic E-state index is 12.1. The van der Waals surface area contributed by atoms with Crippen LogP contribution in [-0.2, 0) is 26.9 Å². The van der Waals surface area contributed by atoms with Crippen LogP contribution in [-0.4, -0.2) is 41.0 Å². The Labute approximate surface area is 127 Å². The maximum Gasteiger partial charge on any atom is 0.156 e. The summed E-state index contributed by atoms with van der Waals surface area (Å²) >= 11 is 0. The standard InChI is InChI=1S/C15H25NO4S/c1-12(2)16-10-13-5-6-15(20-4)14(9-13)11-21(17,18)8-7-19-3/h5-6,9,12,16H,7-8,10-11H2,1-4H3. The van der Waals surface area contributed by atoms with E-state index in [0.29, 0.717) is 23.9 Å². The molecule has 0 bridgehead atoms. The van der Waals surface area contributed by atoms with Gasteiger partial charge in [0.05, 0.1) is 25.2 Å². The van der Waals surface area contributed by atoms with E-state index in [-0.39, 0.29) is 18.1 Å². The summed E-state index contributed by atoms with van der Waals surface area (Å²) in [5.74, 6) is 0.584. The Morgan fingerprint density at radius 3 is 2.52 bits per heavy atom.